The standard InChI is InChI=1S/C23H26ClN5O4/c1-25-22(30)20-13-18(33-28-20)14-32-23(31)26-9-6-15-7-10-29(11-8-15)21-5-2-16-12-17(24)3-4-19(16)27-21/h2-5,12-13,15H,6-11,14H2,1H3,(H,25,30)(H,26,31). The van der Waals surface area contributed by atoms with Crippen molar-refractivity contribution in [3.63, 3.8) is 0 Å². The molecular weight excluding hydrogens is 446 g/mol. The Kier molecular flexibility index (Phi) is 7.29. The van der Waals surface area contributed by atoms with Gasteiger partial charge in [-0.3, -0.25) is 4.79 Å². The van der Waals surface area contributed by atoms with E-state index in [0.29, 0.717) is 23.2 Å². The molecule has 0 unspecified atom stereocenters. The Bertz CT molecular complexity index is 1130. The molecule has 0 bridgehead atoms. The molecule has 33 heavy (non-hydrogen) atoms. The maximum atomic E-state index is 11.9. The van der Waals surface area contributed by atoms with Crippen LogP contribution in [0.3, 0.4) is 0 Å². The highest BCUT2D eigenvalue weighted by atomic mass is 35.5. The van der Waals surface area contributed by atoms with Crippen molar-refractivity contribution in [3.8, 4) is 0 Å². The third-order valence-electron chi connectivity index (χ3n) is 5.76. The van der Waals surface area contributed by atoms with E-state index in [4.69, 9.17) is 25.8 Å². The van der Waals surface area contributed by atoms with Gasteiger partial charge in [-0.2, -0.15) is 0 Å². The van der Waals surface area contributed by atoms with Crippen LogP contribution < -0.4 is 15.5 Å². The Labute approximate surface area is 196 Å². The third-order valence-corrected chi connectivity index (χ3v) is 6.00. The lowest BCUT2D eigenvalue weighted by Gasteiger charge is -2.33. The highest BCUT2D eigenvalue weighted by Crippen LogP contribution is 2.26. The van der Waals surface area contributed by atoms with Gasteiger partial charge in [-0.15, -0.1) is 0 Å². The number of hydrogen-bond donors (Lipinski definition) is 2. The quantitative estimate of drug-likeness (QED) is 0.539. The molecule has 3 heterocycles. The number of anilines is 1. The monoisotopic (exact) mass is 471 g/mol. The average molecular weight is 472 g/mol. The lowest BCUT2D eigenvalue weighted by molar-refractivity contribution is 0.0952. The molecule has 2 aromatic heterocycles. The molecule has 2 N–H and O–H groups in total. The van der Waals surface area contributed by atoms with E-state index < -0.39 is 6.09 Å². The molecule has 1 aliphatic heterocycles. The number of hydrogen-bond acceptors (Lipinski definition) is 7. The van der Waals surface area contributed by atoms with E-state index in [2.05, 4.69) is 26.8 Å². The molecule has 4 rings (SSSR count). The highest BCUT2D eigenvalue weighted by Gasteiger charge is 2.20. The number of carbonyl (C=O) groups is 2. The van der Waals surface area contributed by atoms with Crippen molar-refractivity contribution in [1.29, 1.82) is 0 Å². The molecule has 9 nitrogen and oxygen atoms in total. The number of halogens is 1. The summed E-state index contributed by atoms with van der Waals surface area (Å²) in [6, 6.07) is 11.3. The topological polar surface area (TPSA) is 110 Å². The Morgan fingerprint density at radius 2 is 2.03 bits per heavy atom. The molecule has 0 spiro atoms. The van der Waals surface area contributed by atoms with E-state index in [0.717, 1.165) is 49.1 Å². The van der Waals surface area contributed by atoms with Crippen LogP contribution in [0.25, 0.3) is 10.9 Å². The second-order valence-corrected chi connectivity index (χ2v) is 8.42. The first-order chi connectivity index (χ1) is 16.0. The fraction of sp³-hybridized carbons (Fsp3) is 0.391. The number of nitrogens with zero attached hydrogens (tertiary/aromatic N) is 3. The maximum absolute atomic E-state index is 11.9. The molecule has 2 amide bonds. The smallest absolute Gasteiger partial charge is 0.407 e. The summed E-state index contributed by atoms with van der Waals surface area (Å²) < 4.78 is 10.1. The van der Waals surface area contributed by atoms with Crippen LogP contribution in [0, 0.1) is 5.92 Å². The van der Waals surface area contributed by atoms with Gasteiger partial charge >= 0.3 is 6.09 Å². The van der Waals surface area contributed by atoms with Gasteiger partial charge in [0.2, 0.25) is 0 Å². The number of fused-ring (bicyclic) bond motifs is 1. The summed E-state index contributed by atoms with van der Waals surface area (Å²) in [6.07, 6.45) is 2.44. The number of aromatic nitrogens is 2. The number of alkyl carbamates (subject to hydrolysis) is 1. The molecule has 0 radical (unpaired) electrons. The Morgan fingerprint density at radius 3 is 2.82 bits per heavy atom. The normalized spacial score (nSPS) is 14.3. The molecule has 0 aliphatic carbocycles. The van der Waals surface area contributed by atoms with E-state index in [1.54, 1.807) is 0 Å². The zero-order valence-electron chi connectivity index (χ0n) is 18.3. The number of benzene rings is 1. The summed E-state index contributed by atoms with van der Waals surface area (Å²) >= 11 is 6.05. The van der Waals surface area contributed by atoms with Crippen molar-refractivity contribution in [3.05, 3.63) is 52.9 Å². The Hall–Kier alpha value is -3.33. The van der Waals surface area contributed by atoms with Crippen molar-refractivity contribution < 1.29 is 18.8 Å². The van der Waals surface area contributed by atoms with Gasteiger partial charge in [-0.05, 0) is 55.5 Å². The number of piperidine rings is 1. The molecule has 3 aromatic rings. The molecule has 174 valence electrons. The first kappa shape index (κ1) is 22.8. The fourth-order valence-electron chi connectivity index (χ4n) is 3.89. The van der Waals surface area contributed by atoms with Crippen molar-refractivity contribution in [2.24, 2.45) is 5.92 Å². The number of amides is 2. The number of rotatable bonds is 7. The van der Waals surface area contributed by atoms with Crippen molar-refractivity contribution in [2.75, 3.05) is 31.6 Å². The summed E-state index contributed by atoms with van der Waals surface area (Å²) in [6.45, 7) is 2.32. The fourth-order valence-corrected chi connectivity index (χ4v) is 4.08. The minimum absolute atomic E-state index is 0.0841. The molecular formula is C23H26ClN5O4. The lowest BCUT2D eigenvalue weighted by atomic mass is 9.93. The highest BCUT2D eigenvalue weighted by molar-refractivity contribution is 6.31. The predicted octanol–water partition coefficient (Wildman–Crippen LogP) is 3.77. The first-order valence-electron chi connectivity index (χ1n) is 10.9. The summed E-state index contributed by atoms with van der Waals surface area (Å²) in [4.78, 5) is 30.5. The molecule has 1 aromatic carbocycles. The van der Waals surface area contributed by atoms with E-state index in [-0.39, 0.29) is 18.2 Å². The van der Waals surface area contributed by atoms with Crippen LogP contribution in [0.5, 0.6) is 0 Å². The first-order valence-corrected chi connectivity index (χ1v) is 11.3. The molecule has 1 aliphatic rings. The van der Waals surface area contributed by atoms with Gasteiger partial charge in [0.15, 0.2) is 18.1 Å². The van der Waals surface area contributed by atoms with Crippen LogP contribution in [-0.4, -0.2) is 48.8 Å². The van der Waals surface area contributed by atoms with E-state index in [9.17, 15) is 9.59 Å². The van der Waals surface area contributed by atoms with Crippen molar-refractivity contribution in [2.45, 2.75) is 25.9 Å². The Balaban J connectivity index is 1.16. The number of nitrogens with one attached hydrogen (secondary N) is 2. The average Bonchev–Trinajstić information content (AvgIpc) is 3.31. The van der Waals surface area contributed by atoms with Crippen LogP contribution in [0.2, 0.25) is 5.02 Å². The lowest BCUT2D eigenvalue weighted by Crippen LogP contribution is -2.35. The van der Waals surface area contributed by atoms with Crippen LogP contribution in [0.15, 0.2) is 40.9 Å². The molecule has 1 saturated heterocycles. The third kappa shape index (κ3) is 5.92. The largest absolute Gasteiger partial charge is 0.441 e. The summed E-state index contributed by atoms with van der Waals surface area (Å²) in [5, 5.41) is 10.6. The van der Waals surface area contributed by atoms with E-state index >= 15 is 0 Å². The van der Waals surface area contributed by atoms with Gasteiger partial charge in [-0.25, -0.2) is 9.78 Å². The summed E-state index contributed by atoms with van der Waals surface area (Å²) in [5.74, 6) is 1.46. The molecule has 10 heteroatoms. The number of pyridine rings is 1. The second kappa shape index (κ2) is 10.5. The minimum Gasteiger partial charge on any atom is -0.441 e. The SMILES string of the molecule is CNC(=O)c1cc(COC(=O)NCCC2CCN(c3ccc4cc(Cl)ccc4n3)CC2)on1. The maximum Gasteiger partial charge on any atom is 0.407 e. The molecule has 1 fully saturated rings. The second-order valence-electron chi connectivity index (χ2n) is 7.99. The van der Waals surface area contributed by atoms with Gasteiger partial charge < -0.3 is 24.8 Å². The predicted molar refractivity (Wildman–Crippen MR) is 124 cm³/mol. The van der Waals surface area contributed by atoms with Crippen molar-refractivity contribution >= 4 is 40.3 Å². The van der Waals surface area contributed by atoms with Crippen LogP contribution in [0.4, 0.5) is 10.6 Å². The van der Waals surface area contributed by atoms with Crippen LogP contribution in [0.1, 0.15) is 35.5 Å². The van der Waals surface area contributed by atoms with E-state index in [1.807, 2.05) is 24.3 Å². The van der Waals surface area contributed by atoms with Crippen LogP contribution in [-0.2, 0) is 11.3 Å². The summed E-state index contributed by atoms with van der Waals surface area (Å²) in [5.41, 5.74) is 1.09. The minimum atomic E-state index is -0.522. The van der Waals surface area contributed by atoms with Gasteiger partial charge in [0.25, 0.3) is 5.91 Å². The number of ether oxygens (including phenoxy) is 1. The molecule has 0 atom stereocenters. The zero-order chi connectivity index (χ0) is 23.2. The van der Waals surface area contributed by atoms with Gasteiger partial charge in [0.1, 0.15) is 5.82 Å². The van der Waals surface area contributed by atoms with Crippen molar-refractivity contribution in [1.82, 2.24) is 20.8 Å². The zero-order valence-corrected chi connectivity index (χ0v) is 19.1. The number of carbonyl (C=O) groups excluding carboxylic acids is 2. The van der Waals surface area contributed by atoms with Gasteiger partial charge in [0, 0.05) is 43.2 Å². The van der Waals surface area contributed by atoms with Gasteiger partial charge in [-0.1, -0.05) is 16.8 Å². The van der Waals surface area contributed by atoms with Crippen LogP contribution >= 0.6 is 11.6 Å². The summed E-state index contributed by atoms with van der Waals surface area (Å²) in [7, 11) is 1.50. The Morgan fingerprint density at radius 1 is 1.21 bits per heavy atom. The van der Waals surface area contributed by atoms with E-state index in [1.165, 1.54) is 13.1 Å². The molecule has 0 saturated carbocycles. The van der Waals surface area contributed by atoms with Gasteiger partial charge in [0.05, 0.1) is 5.52 Å².